The van der Waals surface area contributed by atoms with Crippen LogP contribution in [0.1, 0.15) is 0 Å². The molecule has 0 saturated heterocycles. The number of nitrogens with zero attached hydrogens (tertiary/aromatic N) is 2. The summed E-state index contributed by atoms with van der Waals surface area (Å²) in [5.41, 5.74) is 3.27. The molecule has 0 fully saturated rings. The number of aromatic nitrogens is 2. The predicted molar refractivity (Wildman–Crippen MR) is 120 cm³/mol. The minimum absolute atomic E-state index is 0. The van der Waals surface area contributed by atoms with Crippen LogP contribution in [0, 0.1) is 23.8 Å². The van der Waals surface area contributed by atoms with Crippen LogP contribution in [-0.2, 0) is 21.1 Å². The first-order chi connectivity index (χ1) is 14.6. The van der Waals surface area contributed by atoms with Crippen molar-refractivity contribution in [3.63, 3.8) is 0 Å². The van der Waals surface area contributed by atoms with E-state index in [1.807, 2.05) is 36.8 Å². The molecule has 0 saturated carbocycles. The Morgan fingerprint density at radius 1 is 0.677 bits per heavy atom. The van der Waals surface area contributed by atoms with Crippen molar-refractivity contribution < 1.29 is 29.8 Å². The van der Waals surface area contributed by atoms with Crippen LogP contribution in [0.15, 0.2) is 82.8 Å². The van der Waals surface area contributed by atoms with Crippen LogP contribution in [-0.4, -0.2) is 22.5 Å². The summed E-state index contributed by atoms with van der Waals surface area (Å²) in [4.78, 5) is 10.7. The molecule has 0 unspecified atom stereocenters. The predicted octanol–water partition coefficient (Wildman–Crippen LogP) is 6.82. The molecule has 0 bridgehead atoms. The van der Waals surface area contributed by atoms with E-state index >= 15 is 0 Å². The van der Waals surface area contributed by atoms with E-state index in [0.717, 1.165) is 32.3 Å². The van der Waals surface area contributed by atoms with Crippen molar-refractivity contribution in [2.45, 2.75) is 9.79 Å². The van der Waals surface area contributed by atoms with Gasteiger partial charge < -0.3 is 9.97 Å². The Morgan fingerprint density at radius 2 is 1.10 bits per heavy atom. The van der Waals surface area contributed by atoms with Crippen molar-refractivity contribution in [1.29, 1.82) is 0 Å². The van der Waals surface area contributed by atoms with E-state index in [-0.39, 0.29) is 32.7 Å². The van der Waals surface area contributed by atoms with Gasteiger partial charge in [-0.25, -0.2) is 0 Å². The van der Waals surface area contributed by atoms with Gasteiger partial charge in [0.1, 0.15) is 0 Å². The van der Waals surface area contributed by atoms with E-state index < -0.39 is 0 Å². The van der Waals surface area contributed by atoms with Crippen LogP contribution >= 0.6 is 23.5 Å². The summed E-state index contributed by atoms with van der Waals surface area (Å²) >= 11 is 3.31. The third-order valence-corrected chi connectivity index (χ3v) is 5.49. The molecular weight excluding hydrogens is 613 g/mol. The molecule has 0 aliphatic carbocycles. The number of hydrogen-bond donors (Lipinski definition) is 0. The third-order valence-electron chi connectivity index (χ3n) is 4.04. The second kappa shape index (κ2) is 12.7. The third kappa shape index (κ3) is 7.56. The van der Waals surface area contributed by atoms with Gasteiger partial charge in [0.25, 0.3) is 0 Å². The summed E-state index contributed by atoms with van der Waals surface area (Å²) < 4.78 is 25.4. The van der Waals surface area contributed by atoms with Gasteiger partial charge >= 0.3 is 21.1 Å². The first kappa shape index (κ1) is 25.3. The van der Waals surface area contributed by atoms with Gasteiger partial charge in [-0.2, -0.15) is 0 Å². The van der Waals surface area contributed by atoms with Crippen LogP contribution < -0.4 is 0 Å². The van der Waals surface area contributed by atoms with Crippen molar-refractivity contribution in [2.75, 3.05) is 12.5 Å². The molecule has 2 nitrogen and oxygen atoms in total. The average molecular weight is 632 g/mol. The van der Waals surface area contributed by atoms with E-state index in [4.69, 9.17) is 0 Å². The normalized spacial score (nSPS) is 9.94. The molecule has 2 aromatic heterocycles. The van der Waals surface area contributed by atoms with Gasteiger partial charge in [0.15, 0.2) is 0 Å². The molecule has 2 heterocycles. The van der Waals surface area contributed by atoms with E-state index in [1.165, 1.54) is 24.3 Å². The smallest absolute Gasteiger partial charge is 0.305 e. The summed E-state index contributed by atoms with van der Waals surface area (Å²) in [7, 11) is 0. The summed E-state index contributed by atoms with van der Waals surface area (Å²) in [5.74, 6) is -0.556. The Morgan fingerprint density at radius 3 is 1.42 bits per heavy atom. The molecule has 7 heteroatoms. The Labute approximate surface area is 204 Å². The number of thioether (sulfide) groups is 2. The zero-order chi connectivity index (χ0) is 21.3. The van der Waals surface area contributed by atoms with Crippen molar-refractivity contribution in [3.8, 4) is 22.5 Å². The van der Waals surface area contributed by atoms with Crippen molar-refractivity contribution in [1.82, 2.24) is 9.97 Å². The molecule has 0 aliphatic rings. The molecule has 160 valence electrons. The minimum Gasteiger partial charge on any atom is -0.305 e. The largest absolute Gasteiger partial charge is 2.00 e. The monoisotopic (exact) mass is 631 g/mol. The molecule has 0 amide bonds. The van der Waals surface area contributed by atoms with Crippen LogP contribution in [0.25, 0.3) is 22.5 Å². The minimum atomic E-state index is -0.278. The molecule has 31 heavy (non-hydrogen) atoms. The quantitative estimate of drug-likeness (QED) is 0.183. The molecule has 2 aromatic carbocycles. The van der Waals surface area contributed by atoms with Gasteiger partial charge in [-0.05, 0) is 36.0 Å². The number of halogens is 2. The molecular formula is C24H18F2N2PtS2. The Balaban J connectivity index is 0.000000213. The first-order valence-corrected chi connectivity index (χ1v) is 11.4. The number of rotatable bonds is 4. The van der Waals surface area contributed by atoms with Gasteiger partial charge in [-0.3, -0.25) is 8.78 Å². The topological polar surface area (TPSA) is 25.8 Å². The van der Waals surface area contributed by atoms with Crippen molar-refractivity contribution >= 4 is 23.5 Å². The van der Waals surface area contributed by atoms with E-state index in [2.05, 4.69) is 22.1 Å². The molecule has 0 aliphatic heterocycles. The number of benzene rings is 2. The maximum Gasteiger partial charge on any atom is 2.00 e. The molecule has 4 rings (SSSR count). The second-order valence-electron chi connectivity index (χ2n) is 6.00. The van der Waals surface area contributed by atoms with E-state index in [0.29, 0.717) is 0 Å². The van der Waals surface area contributed by atoms with Gasteiger partial charge in [0, 0.05) is 33.8 Å². The van der Waals surface area contributed by atoms with Crippen molar-refractivity contribution in [2.24, 2.45) is 0 Å². The van der Waals surface area contributed by atoms with E-state index in [9.17, 15) is 8.78 Å². The van der Waals surface area contributed by atoms with Gasteiger partial charge in [0.2, 0.25) is 0 Å². The summed E-state index contributed by atoms with van der Waals surface area (Å²) in [6.45, 7) is 0. The Bertz CT molecular complexity index is 1000. The van der Waals surface area contributed by atoms with Crippen molar-refractivity contribution in [3.05, 3.63) is 96.8 Å². The maximum atomic E-state index is 12.7. The van der Waals surface area contributed by atoms with Crippen LogP contribution in [0.3, 0.4) is 0 Å². The summed E-state index contributed by atoms with van der Waals surface area (Å²) in [5, 5.41) is 0. The van der Waals surface area contributed by atoms with E-state index in [1.54, 1.807) is 48.1 Å². The number of hydrogen-bond acceptors (Lipinski definition) is 4. The van der Waals surface area contributed by atoms with Gasteiger partial charge in [0.05, 0.1) is 0 Å². The zero-order valence-electron chi connectivity index (χ0n) is 16.7. The fourth-order valence-electron chi connectivity index (χ4n) is 2.50. The molecule has 0 radical (unpaired) electrons. The first-order valence-electron chi connectivity index (χ1n) is 8.94. The summed E-state index contributed by atoms with van der Waals surface area (Å²) in [6.07, 6.45) is 7.51. The zero-order valence-corrected chi connectivity index (χ0v) is 20.6. The fourth-order valence-corrected chi connectivity index (χ4v) is 3.35. The average Bonchev–Trinajstić information content (AvgIpc) is 2.80. The molecule has 0 atom stereocenters. The fraction of sp³-hybridized carbons (Fsp3) is 0.0833. The molecule has 0 spiro atoms. The maximum absolute atomic E-state index is 12.7. The molecule has 0 N–H and O–H groups in total. The van der Waals surface area contributed by atoms with Gasteiger partial charge in [-0.15, -0.1) is 83.2 Å². The standard InChI is InChI=1S/2C12H9FNS.Pt/c2*1-15-11-6-7-14-12(8-11)9-2-4-10(13)5-3-9;/h2*2,4-8H,1H3;/q2*-1;+2. The Kier molecular flexibility index (Phi) is 10.4. The van der Waals surface area contributed by atoms with Crippen LogP contribution in [0.2, 0.25) is 0 Å². The SMILES string of the molecule is CSc1ccnc(-c2[c-]cc(F)cc2)c1.CSc1ccnc(-c2[c-]cc(F)cc2)c1.[Pt+2]. The Hall–Kier alpha value is -2.01. The number of pyridine rings is 2. The van der Waals surface area contributed by atoms with Gasteiger partial charge in [-0.1, -0.05) is 12.1 Å². The molecule has 4 aromatic rings. The second-order valence-corrected chi connectivity index (χ2v) is 7.76. The van der Waals surface area contributed by atoms with Crippen LogP contribution in [0.4, 0.5) is 8.78 Å². The van der Waals surface area contributed by atoms with Crippen LogP contribution in [0.5, 0.6) is 0 Å². The summed E-state index contributed by atoms with van der Waals surface area (Å²) in [6, 6.07) is 22.4.